The first-order valence-electron chi connectivity index (χ1n) is 6.79. The van der Waals surface area contributed by atoms with E-state index in [0.29, 0.717) is 0 Å². The molecule has 2 heterocycles. The van der Waals surface area contributed by atoms with Crippen molar-refractivity contribution in [3.05, 3.63) is 0 Å². The van der Waals surface area contributed by atoms with Crippen molar-refractivity contribution in [3.8, 4) is 0 Å². The molecule has 1 spiro atoms. The lowest BCUT2D eigenvalue weighted by Crippen LogP contribution is -2.41. The van der Waals surface area contributed by atoms with Gasteiger partial charge in [0, 0.05) is 13.1 Å². The molecule has 2 aliphatic heterocycles. The Bertz CT molecular complexity index is 217. The van der Waals surface area contributed by atoms with Gasteiger partial charge < -0.3 is 10.2 Å². The minimum Gasteiger partial charge on any atom is -0.317 e. The Morgan fingerprint density at radius 2 is 1.93 bits per heavy atom. The third-order valence-electron chi connectivity index (χ3n) is 4.67. The maximum absolute atomic E-state index is 3.46. The van der Waals surface area contributed by atoms with Gasteiger partial charge in [0.1, 0.15) is 0 Å². The fourth-order valence-corrected chi connectivity index (χ4v) is 3.48. The molecule has 0 aromatic carbocycles. The molecule has 1 N–H and O–H groups in total. The van der Waals surface area contributed by atoms with Crippen molar-refractivity contribution in [1.82, 2.24) is 10.2 Å². The fourth-order valence-electron chi connectivity index (χ4n) is 3.48. The van der Waals surface area contributed by atoms with Crippen LogP contribution in [0.1, 0.15) is 38.5 Å². The highest BCUT2D eigenvalue weighted by atomic mass is 15.1. The normalized spacial score (nSPS) is 32.0. The first-order valence-corrected chi connectivity index (χ1v) is 6.79. The van der Waals surface area contributed by atoms with Crippen LogP contribution in [0.2, 0.25) is 0 Å². The summed E-state index contributed by atoms with van der Waals surface area (Å²) in [5.74, 6) is 0.986. The van der Waals surface area contributed by atoms with Crippen molar-refractivity contribution in [2.75, 3.05) is 32.7 Å². The summed E-state index contributed by atoms with van der Waals surface area (Å²) in [5, 5.41) is 3.46. The van der Waals surface area contributed by atoms with E-state index < -0.39 is 0 Å². The molecule has 0 amide bonds. The maximum atomic E-state index is 3.46. The van der Waals surface area contributed by atoms with E-state index in [2.05, 4.69) is 10.2 Å². The lowest BCUT2D eigenvalue weighted by Gasteiger charge is -2.36. The monoisotopic (exact) mass is 208 g/mol. The van der Waals surface area contributed by atoms with Crippen LogP contribution in [0.25, 0.3) is 0 Å². The number of hydrogen-bond acceptors (Lipinski definition) is 2. The molecule has 86 valence electrons. The molecule has 3 rings (SSSR count). The van der Waals surface area contributed by atoms with Crippen LogP contribution >= 0.6 is 0 Å². The number of hydrogen-bond donors (Lipinski definition) is 1. The molecule has 2 heteroatoms. The average Bonchev–Trinajstić information content (AvgIpc) is 2.99. The largest absolute Gasteiger partial charge is 0.317 e. The lowest BCUT2D eigenvalue weighted by atomic mass is 9.92. The molecular weight excluding hydrogens is 184 g/mol. The lowest BCUT2D eigenvalue weighted by molar-refractivity contribution is 0.129. The first kappa shape index (κ1) is 10.1. The molecule has 0 bridgehead atoms. The second kappa shape index (κ2) is 4.06. The summed E-state index contributed by atoms with van der Waals surface area (Å²) >= 11 is 0. The Morgan fingerprint density at radius 3 is 2.67 bits per heavy atom. The van der Waals surface area contributed by atoms with Gasteiger partial charge in [0.05, 0.1) is 0 Å². The summed E-state index contributed by atoms with van der Waals surface area (Å²) in [4.78, 5) is 2.77. The van der Waals surface area contributed by atoms with E-state index in [1.807, 2.05) is 0 Å². The molecule has 0 unspecified atom stereocenters. The minimum atomic E-state index is 0.811. The van der Waals surface area contributed by atoms with Crippen LogP contribution in [0.5, 0.6) is 0 Å². The predicted octanol–water partition coefficient (Wildman–Crippen LogP) is 1.86. The molecule has 15 heavy (non-hydrogen) atoms. The summed E-state index contributed by atoms with van der Waals surface area (Å²) in [6, 6.07) is 0. The quantitative estimate of drug-likeness (QED) is 0.745. The van der Waals surface area contributed by atoms with Crippen LogP contribution in [0.15, 0.2) is 0 Å². The number of nitrogens with one attached hydrogen (secondary N) is 1. The third kappa shape index (κ3) is 2.36. The van der Waals surface area contributed by atoms with Crippen LogP contribution in [0.4, 0.5) is 0 Å². The van der Waals surface area contributed by atoms with Crippen molar-refractivity contribution in [3.63, 3.8) is 0 Å². The molecular formula is C13H24N2. The molecule has 1 aliphatic carbocycles. The average molecular weight is 208 g/mol. The van der Waals surface area contributed by atoms with E-state index in [1.54, 1.807) is 0 Å². The topological polar surface area (TPSA) is 15.3 Å². The second-order valence-corrected chi connectivity index (χ2v) is 6.03. The second-order valence-electron chi connectivity index (χ2n) is 6.03. The Labute approximate surface area is 93.4 Å². The van der Waals surface area contributed by atoms with E-state index >= 15 is 0 Å². The van der Waals surface area contributed by atoms with Gasteiger partial charge in [-0.3, -0.25) is 0 Å². The van der Waals surface area contributed by atoms with E-state index in [-0.39, 0.29) is 0 Å². The highest BCUT2D eigenvalue weighted by molar-refractivity contribution is 4.98. The molecule has 3 fully saturated rings. The Kier molecular flexibility index (Phi) is 2.73. The molecule has 0 aromatic rings. The molecule has 0 aromatic heterocycles. The molecule has 0 atom stereocenters. The van der Waals surface area contributed by atoms with Gasteiger partial charge in [0.15, 0.2) is 0 Å². The van der Waals surface area contributed by atoms with Crippen LogP contribution in [-0.4, -0.2) is 37.6 Å². The van der Waals surface area contributed by atoms with Crippen molar-refractivity contribution in [1.29, 1.82) is 0 Å². The van der Waals surface area contributed by atoms with E-state index in [0.717, 1.165) is 11.3 Å². The van der Waals surface area contributed by atoms with Crippen LogP contribution in [0.3, 0.4) is 0 Å². The van der Waals surface area contributed by atoms with Crippen LogP contribution < -0.4 is 5.32 Å². The van der Waals surface area contributed by atoms with Crippen molar-refractivity contribution >= 4 is 0 Å². The van der Waals surface area contributed by atoms with E-state index in [4.69, 9.17) is 0 Å². The molecule has 3 aliphatic rings. The van der Waals surface area contributed by atoms with Crippen LogP contribution in [-0.2, 0) is 0 Å². The van der Waals surface area contributed by atoms with Gasteiger partial charge in [-0.2, -0.15) is 0 Å². The zero-order chi connectivity index (χ0) is 10.1. The highest BCUT2D eigenvalue weighted by Gasteiger charge is 2.45. The summed E-state index contributed by atoms with van der Waals surface area (Å²) in [6.45, 7) is 6.71. The summed E-state index contributed by atoms with van der Waals surface area (Å²) in [6.07, 6.45) is 8.85. The maximum Gasteiger partial charge on any atom is 0.00381 e. The van der Waals surface area contributed by atoms with Crippen LogP contribution in [0, 0.1) is 11.3 Å². The Balaban J connectivity index is 1.49. The number of nitrogens with zero attached hydrogens (tertiary/aromatic N) is 1. The van der Waals surface area contributed by atoms with Crippen molar-refractivity contribution in [2.45, 2.75) is 38.5 Å². The summed E-state index contributed by atoms with van der Waals surface area (Å²) in [5.41, 5.74) is 0.811. The molecule has 0 radical (unpaired) electrons. The minimum absolute atomic E-state index is 0.811. The van der Waals surface area contributed by atoms with Gasteiger partial charge in [-0.1, -0.05) is 0 Å². The van der Waals surface area contributed by atoms with Gasteiger partial charge in [-0.05, 0) is 69.5 Å². The summed E-state index contributed by atoms with van der Waals surface area (Å²) < 4.78 is 0. The molecule has 1 saturated carbocycles. The number of piperidine rings is 2. The molecule has 2 saturated heterocycles. The number of likely N-dealkylation sites (tertiary alicyclic amines) is 1. The van der Waals surface area contributed by atoms with Crippen molar-refractivity contribution in [2.24, 2.45) is 11.3 Å². The first-order chi connectivity index (χ1) is 7.36. The summed E-state index contributed by atoms with van der Waals surface area (Å²) in [7, 11) is 0. The van der Waals surface area contributed by atoms with Gasteiger partial charge >= 0.3 is 0 Å². The Hall–Kier alpha value is -0.0800. The SMILES string of the molecule is C1CN(CC2CCNCC2)CC2(C1)CC2. The van der Waals surface area contributed by atoms with E-state index in [1.165, 1.54) is 71.2 Å². The molecule has 2 nitrogen and oxygen atoms in total. The van der Waals surface area contributed by atoms with Gasteiger partial charge in [0.2, 0.25) is 0 Å². The smallest absolute Gasteiger partial charge is 0.00381 e. The Morgan fingerprint density at radius 1 is 1.13 bits per heavy atom. The van der Waals surface area contributed by atoms with Crippen molar-refractivity contribution < 1.29 is 0 Å². The number of rotatable bonds is 2. The standard InChI is InChI=1S/C13H24N2/c1-4-13(5-6-13)11-15(9-1)10-12-2-7-14-8-3-12/h12,14H,1-11H2. The third-order valence-corrected chi connectivity index (χ3v) is 4.67. The van der Waals surface area contributed by atoms with Gasteiger partial charge in [-0.15, -0.1) is 0 Å². The highest BCUT2D eigenvalue weighted by Crippen LogP contribution is 2.52. The zero-order valence-electron chi connectivity index (χ0n) is 9.80. The van der Waals surface area contributed by atoms with Gasteiger partial charge in [0.25, 0.3) is 0 Å². The fraction of sp³-hybridized carbons (Fsp3) is 1.00. The van der Waals surface area contributed by atoms with E-state index in [9.17, 15) is 0 Å². The predicted molar refractivity (Wildman–Crippen MR) is 62.9 cm³/mol. The zero-order valence-corrected chi connectivity index (χ0v) is 9.80. The van der Waals surface area contributed by atoms with Gasteiger partial charge in [-0.25, -0.2) is 0 Å².